The minimum atomic E-state index is -0.435. The lowest BCUT2D eigenvalue weighted by Gasteiger charge is -2.19. The molecule has 0 unspecified atom stereocenters. The van der Waals surface area contributed by atoms with Crippen LogP contribution in [0.25, 0.3) is 0 Å². The number of carbonyl (C=O) groups is 2. The molecule has 0 atom stereocenters. The first-order valence-corrected chi connectivity index (χ1v) is 5.51. The van der Waals surface area contributed by atoms with Gasteiger partial charge in [-0.1, -0.05) is 6.92 Å². The van der Waals surface area contributed by atoms with Crippen molar-refractivity contribution >= 4 is 11.9 Å². The predicted molar refractivity (Wildman–Crippen MR) is 61.7 cm³/mol. The summed E-state index contributed by atoms with van der Waals surface area (Å²) in [6.07, 6.45) is 0.766. The van der Waals surface area contributed by atoms with E-state index in [1.807, 2.05) is 6.92 Å². The van der Waals surface area contributed by atoms with Crippen LogP contribution in [0.2, 0.25) is 0 Å². The number of aryl methyl sites for hydroxylation is 1. The smallest absolute Gasteiger partial charge is 0.325 e. The van der Waals surface area contributed by atoms with Crippen LogP contribution in [-0.2, 0) is 9.53 Å². The standard InChI is InChI=1S/C12H17NO4/c1-4-7-13(8-11(14)16-3)12(15)10-6-5-9(2)17-10/h5-6H,4,7-8H2,1-3H3. The molecule has 0 aromatic carbocycles. The SMILES string of the molecule is CCCN(CC(=O)OC)C(=O)c1ccc(C)o1. The second kappa shape index (κ2) is 6.08. The number of hydrogen-bond acceptors (Lipinski definition) is 4. The summed E-state index contributed by atoms with van der Waals surface area (Å²) in [5.74, 6) is 0.197. The Balaban J connectivity index is 2.76. The molecule has 0 aliphatic carbocycles. The van der Waals surface area contributed by atoms with E-state index in [-0.39, 0.29) is 18.2 Å². The Morgan fingerprint density at radius 1 is 1.41 bits per heavy atom. The lowest BCUT2D eigenvalue weighted by molar-refractivity contribution is -0.141. The van der Waals surface area contributed by atoms with Crippen molar-refractivity contribution in [1.29, 1.82) is 0 Å². The molecule has 94 valence electrons. The van der Waals surface area contributed by atoms with Gasteiger partial charge in [0.15, 0.2) is 5.76 Å². The van der Waals surface area contributed by atoms with Crippen molar-refractivity contribution in [2.45, 2.75) is 20.3 Å². The number of amides is 1. The van der Waals surface area contributed by atoms with Crippen LogP contribution in [0.1, 0.15) is 29.7 Å². The van der Waals surface area contributed by atoms with Gasteiger partial charge in [0.1, 0.15) is 12.3 Å². The van der Waals surface area contributed by atoms with Gasteiger partial charge in [0.2, 0.25) is 0 Å². The minimum Gasteiger partial charge on any atom is -0.468 e. The second-order valence-corrected chi connectivity index (χ2v) is 3.71. The average Bonchev–Trinajstić information content (AvgIpc) is 2.74. The van der Waals surface area contributed by atoms with E-state index in [1.165, 1.54) is 12.0 Å². The van der Waals surface area contributed by atoms with Gasteiger partial charge in [-0.2, -0.15) is 0 Å². The molecule has 0 N–H and O–H groups in total. The normalized spacial score (nSPS) is 10.1. The number of furan rings is 1. The molecule has 0 radical (unpaired) electrons. The maximum absolute atomic E-state index is 12.0. The highest BCUT2D eigenvalue weighted by Gasteiger charge is 2.20. The van der Waals surface area contributed by atoms with Gasteiger partial charge in [-0.05, 0) is 25.5 Å². The molecule has 0 spiro atoms. The number of nitrogens with zero attached hydrogens (tertiary/aromatic N) is 1. The summed E-state index contributed by atoms with van der Waals surface area (Å²) in [5, 5.41) is 0. The van der Waals surface area contributed by atoms with Gasteiger partial charge in [-0.25, -0.2) is 0 Å². The van der Waals surface area contributed by atoms with Gasteiger partial charge >= 0.3 is 5.97 Å². The molecule has 0 bridgehead atoms. The molecule has 0 aliphatic heterocycles. The monoisotopic (exact) mass is 239 g/mol. The van der Waals surface area contributed by atoms with Crippen molar-refractivity contribution in [1.82, 2.24) is 4.90 Å². The number of hydrogen-bond donors (Lipinski definition) is 0. The Bertz CT molecular complexity index is 397. The van der Waals surface area contributed by atoms with E-state index in [0.717, 1.165) is 6.42 Å². The van der Waals surface area contributed by atoms with E-state index in [0.29, 0.717) is 12.3 Å². The molecule has 1 aromatic heterocycles. The van der Waals surface area contributed by atoms with E-state index >= 15 is 0 Å². The third kappa shape index (κ3) is 3.62. The molecule has 1 aromatic rings. The fourth-order valence-corrected chi connectivity index (χ4v) is 1.45. The molecule has 5 nitrogen and oxygen atoms in total. The molecule has 17 heavy (non-hydrogen) atoms. The van der Waals surface area contributed by atoms with Crippen molar-refractivity contribution in [3.63, 3.8) is 0 Å². The maximum Gasteiger partial charge on any atom is 0.325 e. The van der Waals surface area contributed by atoms with Crippen LogP contribution < -0.4 is 0 Å². The van der Waals surface area contributed by atoms with Gasteiger partial charge in [0.05, 0.1) is 7.11 Å². The summed E-state index contributed by atoms with van der Waals surface area (Å²) in [5.41, 5.74) is 0. The highest BCUT2D eigenvalue weighted by molar-refractivity contribution is 5.93. The topological polar surface area (TPSA) is 59.8 Å². The number of carbonyl (C=O) groups excluding carboxylic acids is 2. The molecule has 1 heterocycles. The van der Waals surface area contributed by atoms with Crippen LogP contribution in [0.4, 0.5) is 0 Å². The Hall–Kier alpha value is -1.78. The number of rotatable bonds is 5. The zero-order valence-corrected chi connectivity index (χ0v) is 10.4. The van der Waals surface area contributed by atoms with E-state index < -0.39 is 5.97 Å². The fraction of sp³-hybridized carbons (Fsp3) is 0.500. The van der Waals surface area contributed by atoms with Crippen LogP contribution in [0, 0.1) is 6.92 Å². The first-order valence-electron chi connectivity index (χ1n) is 5.51. The maximum atomic E-state index is 12.0. The molecule has 0 aliphatic rings. The van der Waals surface area contributed by atoms with E-state index in [4.69, 9.17) is 4.42 Å². The van der Waals surface area contributed by atoms with Crippen LogP contribution in [0.5, 0.6) is 0 Å². The summed E-state index contributed by atoms with van der Waals surface area (Å²) in [7, 11) is 1.30. The minimum absolute atomic E-state index is 0.0527. The second-order valence-electron chi connectivity index (χ2n) is 3.71. The molecule has 1 rings (SSSR count). The Kier molecular flexibility index (Phi) is 4.75. The van der Waals surface area contributed by atoms with E-state index in [1.54, 1.807) is 19.1 Å². The third-order valence-corrected chi connectivity index (χ3v) is 2.28. The highest BCUT2D eigenvalue weighted by Crippen LogP contribution is 2.10. The summed E-state index contributed by atoms with van der Waals surface area (Å²) in [6, 6.07) is 3.33. The van der Waals surface area contributed by atoms with E-state index in [9.17, 15) is 9.59 Å². The zero-order chi connectivity index (χ0) is 12.8. The summed E-state index contributed by atoms with van der Waals surface area (Å²) in [4.78, 5) is 24.6. The Morgan fingerprint density at radius 3 is 2.59 bits per heavy atom. The number of esters is 1. The lowest BCUT2D eigenvalue weighted by Crippen LogP contribution is -2.36. The number of methoxy groups -OCH3 is 1. The van der Waals surface area contributed by atoms with Crippen LogP contribution in [0.15, 0.2) is 16.5 Å². The lowest BCUT2D eigenvalue weighted by atomic mass is 10.3. The van der Waals surface area contributed by atoms with E-state index in [2.05, 4.69) is 4.74 Å². The molecule has 1 amide bonds. The average molecular weight is 239 g/mol. The van der Waals surface area contributed by atoms with Crippen LogP contribution in [0.3, 0.4) is 0 Å². The van der Waals surface area contributed by atoms with Gasteiger partial charge in [-0.3, -0.25) is 9.59 Å². The number of ether oxygens (including phenoxy) is 1. The predicted octanol–water partition coefficient (Wildman–Crippen LogP) is 1.61. The van der Waals surface area contributed by atoms with Crippen molar-refractivity contribution in [2.75, 3.05) is 20.2 Å². The third-order valence-electron chi connectivity index (χ3n) is 2.28. The van der Waals surface area contributed by atoms with Crippen LogP contribution >= 0.6 is 0 Å². The summed E-state index contributed by atoms with van der Waals surface area (Å²) < 4.78 is 9.80. The largest absolute Gasteiger partial charge is 0.468 e. The van der Waals surface area contributed by atoms with Crippen LogP contribution in [-0.4, -0.2) is 37.0 Å². The molecule has 0 saturated carbocycles. The fourth-order valence-electron chi connectivity index (χ4n) is 1.45. The summed E-state index contributed by atoms with van der Waals surface area (Å²) in [6.45, 7) is 4.14. The quantitative estimate of drug-likeness (QED) is 0.732. The van der Waals surface area contributed by atoms with Gasteiger partial charge in [-0.15, -0.1) is 0 Å². The first-order chi connectivity index (χ1) is 8.08. The van der Waals surface area contributed by atoms with Gasteiger partial charge < -0.3 is 14.1 Å². The molecule has 5 heteroatoms. The molecule has 0 fully saturated rings. The highest BCUT2D eigenvalue weighted by atomic mass is 16.5. The Morgan fingerprint density at radius 2 is 2.12 bits per heavy atom. The molecule has 0 saturated heterocycles. The van der Waals surface area contributed by atoms with Gasteiger partial charge in [0, 0.05) is 6.54 Å². The summed E-state index contributed by atoms with van der Waals surface area (Å²) >= 11 is 0. The van der Waals surface area contributed by atoms with Crippen molar-refractivity contribution in [2.24, 2.45) is 0 Å². The van der Waals surface area contributed by atoms with Gasteiger partial charge in [0.25, 0.3) is 5.91 Å². The van der Waals surface area contributed by atoms with Crippen molar-refractivity contribution < 1.29 is 18.7 Å². The van der Waals surface area contributed by atoms with Crippen molar-refractivity contribution in [3.05, 3.63) is 23.7 Å². The zero-order valence-electron chi connectivity index (χ0n) is 10.4. The molecular formula is C12H17NO4. The Labute approximate surface area is 100 Å². The molecular weight excluding hydrogens is 222 g/mol. The first kappa shape index (κ1) is 13.3. The van der Waals surface area contributed by atoms with Crippen molar-refractivity contribution in [3.8, 4) is 0 Å².